The SMILES string of the molecule is C=CC(=O)Nc1cccc(B2OC(C)(C)C(C)(C)O2)c1C. The van der Waals surface area contributed by atoms with Gasteiger partial charge in [0.15, 0.2) is 0 Å². The topological polar surface area (TPSA) is 47.6 Å². The van der Waals surface area contributed by atoms with Crippen molar-refractivity contribution in [3.05, 3.63) is 36.4 Å². The lowest BCUT2D eigenvalue weighted by Crippen LogP contribution is -2.41. The molecule has 5 heteroatoms. The van der Waals surface area contributed by atoms with E-state index in [9.17, 15) is 4.79 Å². The molecule has 0 spiro atoms. The summed E-state index contributed by atoms with van der Waals surface area (Å²) in [6.07, 6.45) is 1.25. The Labute approximate surface area is 126 Å². The fourth-order valence-corrected chi connectivity index (χ4v) is 2.20. The second-order valence-corrected chi connectivity index (χ2v) is 6.30. The van der Waals surface area contributed by atoms with E-state index in [1.807, 2.05) is 52.8 Å². The Kier molecular flexibility index (Phi) is 4.00. The van der Waals surface area contributed by atoms with Crippen molar-refractivity contribution < 1.29 is 14.1 Å². The molecule has 1 aliphatic heterocycles. The summed E-state index contributed by atoms with van der Waals surface area (Å²) in [5, 5.41) is 2.80. The summed E-state index contributed by atoms with van der Waals surface area (Å²) < 4.78 is 12.1. The van der Waals surface area contributed by atoms with E-state index in [4.69, 9.17) is 9.31 Å². The highest BCUT2D eigenvalue weighted by molar-refractivity contribution is 6.62. The van der Waals surface area contributed by atoms with Crippen LogP contribution in [0.4, 0.5) is 5.69 Å². The summed E-state index contributed by atoms with van der Waals surface area (Å²) >= 11 is 0. The zero-order chi connectivity index (χ0) is 15.8. The highest BCUT2D eigenvalue weighted by Crippen LogP contribution is 2.36. The Morgan fingerprint density at radius 3 is 2.33 bits per heavy atom. The number of rotatable bonds is 3. The van der Waals surface area contributed by atoms with Gasteiger partial charge in [-0.3, -0.25) is 4.79 Å². The van der Waals surface area contributed by atoms with E-state index in [1.165, 1.54) is 6.08 Å². The molecule has 1 aromatic carbocycles. The van der Waals surface area contributed by atoms with Gasteiger partial charge < -0.3 is 14.6 Å². The molecule has 2 rings (SSSR count). The predicted octanol–water partition coefficient (Wildman–Crippen LogP) is 2.42. The van der Waals surface area contributed by atoms with Gasteiger partial charge in [-0.15, -0.1) is 0 Å². The Morgan fingerprint density at radius 1 is 1.24 bits per heavy atom. The largest absolute Gasteiger partial charge is 0.495 e. The van der Waals surface area contributed by atoms with E-state index in [2.05, 4.69) is 11.9 Å². The summed E-state index contributed by atoms with van der Waals surface area (Å²) in [5.41, 5.74) is 1.84. The highest BCUT2D eigenvalue weighted by atomic mass is 16.7. The average Bonchev–Trinajstić information content (AvgIpc) is 2.60. The smallest absolute Gasteiger partial charge is 0.399 e. The van der Waals surface area contributed by atoms with Crippen molar-refractivity contribution in [3.8, 4) is 0 Å². The molecule has 0 unspecified atom stereocenters. The number of amides is 1. The molecule has 1 amide bonds. The summed E-state index contributed by atoms with van der Waals surface area (Å²) in [5.74, 6) is -0.232. The fraction of sp³-hybridized carbons (Fsp3) is 0.438. The second-order valence-electron chi connectivity index (χ2n) is 6.30. The second kappa shape index (κ2) is 5.32. The van der Waals surface area contributed by atoms with Crippen molar-refractivity contribution in [2.24, 2.45) is 0 Å². The number of nitrogens with one attached hydrogen (secondary N) is 1. The van der Waals surface area contributed by atoms with Crippen molar-refractivity contribution in [3.63, 3.8) is 0 Å². The molecule has 0 atom stereocenters. The molecular formula is C16H22BNO3. The monoisotopic (exact) mass is 287 g/mol. The minimum Gasteiger partial charge on any atom is -0.399 e. The van der Waals surface area contributed by atoms with E-state index >= 15 is 0 Å². The van der Waals surface area contributed by atoms with Gasteiger partial charge in [0.05, 0.1) is 11.2 Å². The van der Waals surface area contributed by atoms with E-state index in [1.54, 1.807) is 0 Å². The lowest BCUT2D eigenvalue weighted by Gasteiger charge is -2.32. The summed E-state index contributed by atoms with van der Waals surface area (Å²) in [7, 11) is -0.435. The van der Waals surface area contributed by atoms with E-state index < -0.39 is 7.12 Å². The van der Waals surface area contributed by atoms with Gasteiger partial charge in [-0.2, -0.15) is 0 Å². The van der Waals surface area contributed by atoms with Gasteiger partial charge in [0.1, 0.15) is 0 Å². The lowest BCUT2D eigenvalue weighted by atomic mass is 9.76. The Morgan fingerprint density at radius 2 is 1.81 bits per heavy atom. The van der Waals surface area contributed by atoms with Crippen molar-refractivity contribution in [1.82, 2.24) is 0 Å². The van der Waals surface area contributed by atoms with Crippen LogP contribution in [-0.2, 0) is 14.1 Å². The molecule has 1 N–H and O–H groups in total. The third kappa shape index (κ3) is 2.89. The maximum Gasteiger partial charge on any atom is 0.495 e. The van der Waals surface area contributed by atoms with Crippen LogP contribution >= 0.6 is 0 Å². The molecule has 1 fully saturated rings. The molecule has 1 aliphatic rings. The number of hydrogen-bond acceptors (Lipinski definition) is 3. The summed E-state index contributed by atoms with van der Waals surface area (Å²) in [4.78, 5) is 11.5. The van der Waals surface area contributed by atoms with Crippen LogP contribution in [0.2, 0.25) is 0 Å². The van der Waals surface area contributed by atoms with Crippen LogP contribution in [0.1, 0.15) is 33.3 Å². The number of anilines is 1. The molecule has 0 radical (unpaired) electrons. The van der Waals surface area contributed by atoms with Crippen LogP contribution in [-0.4, -0.2) is 24.2 Å². The molecule has 21 heavy (non-hydrogen) atoms. The van der Waals surface area contributed by atoms with Crippen LogP contribution in [0.25, 0.3) is 0 Å². The van der Waals surface area contributed by atoms with E-state index in [0.29, 0.717) is 0 Å². The molecule has 0 aliphatic carbocycles. The van der Waals surface area contributed by atoms with Gasteiger partial charge in [-0.05, 0) is 57.8 Å². The lowest BCUT2D eigenvalue weighted by molar-refractivity contribution is -0.111. The van der Waals surface area contributed by atoms with Gasteiger partial charge in [-0.1, -0.05) is 18.7 Å². The predicted molar refractivity (Wildman–Crippen MR) is 85.7 cm³/mol. The standard InChI is InChI=1S/C16H22BNO3/c1-7-14(19)18-13-10-8-9-12(11(13)2)17-20-15(3,4)16(5,6)21-17/h7-10H,1H2,2-6H3,(H,18,19). The molecule has 0 bridgehead atoms. The molecular weight excluding hydrogens is 265 g/mol. The van der Waals surface area contributed by atoms with Crippen LogP contribution < -0.4 is 10.8 Å². The van der Waals surface area contributed by atoms with Crippen molar-refractivity contribution in [2.45, 2.75) is 45.8 Å². The molecule has 0 aromatic heterocycles. The minimum atomic E-state index is -0.435. The first-order chi connectivity index (χ1) is 9.68. The molecule has 1 aromatic rings. The minimum absolute atomic E-state index is 0.232. The number of carbonyl (C=O) groups is 1. The van der Waals surface area contributed by atoms with Crippen molar-refractivity contribution >= 4 is 24.2 Å². The Hall–Kier alpha value is -1.59. The number of hydrogen-bond donors (Lipinski definition) is 1. The number of carbonyl (C=O) groups excluding carboxylic acids is 1. The van der Waals surface area contributed by atoms with Crippen LogP contribution in [0.3, 0.4) is 0 Å². The van der Waals surface area contributed by atoms with Gasteiger partial charge >= 0.3 is 7.12 Å². The third-order valence-corrected chi connectivity index (χ3v) is 4.33. The quantitative estimate of drug-likeness (QED) is 0.686. The van der Waals surface area contributed by atoms with Crippen LogP contribution in [0.15, 0.2) is 30.9 Å². The molecule has 1 saturated heterocycles. The van der Waals surface area contributed by atoms with Crippen LogP contribution in [0.5, 0.6) is 0 Å². The van der Waals surface area contributed by atoms with Gasteiger partial charge in [0.25, 0.3) is 0 Å². The maximum absolute atomic E-state index is 11.5. The zero-order valence-electron chi connectivity index (χ0n) is 13.3. The Bertz CT molecular complexity index is 565. The molecule has 112 valence electrons. The van der Waals surface area contributed by atoms with Crippen molar-refractivity contribution in [2.75, 3.05) is 5.32 Å². The molecule has 4 nitrogen and oxygen atoms in total. The highest BCUT2D eigenvalue weighted by Gasteiger charge is 2.52. The Balaban J connectivity index is 2.32. The van der Waals surface area contributed by atoms with E-state index in [-0.39, 0.29) is 17.1 Å². The van der Waals surface area contributed by atoms with Crippen molar-refractivity contribution in [1.29, 1.82) is 0 Å². The molecule has 0 saturated carbocycles. The fourth-order valence-electron chi connectivity index (χ4n) is 2.20. The van der Waals surface area contributed by atoms with Gasteiger partial charge in [0, 0.05) is 5.69 Å². The first kappa shape index (κ1) is 15.8. The first-order valence-corrected chi connectivity index (χ1v) is 7.06. The maximum atomic E-state index is 11.5. The third-order valence-electron chi connectivity index (χ3n) is 4.33. The van der Waals surface area contributed by atoms with Gasteiger partial charge in [-0.25, -0.2) is 0 Å². The first-order valence-electron chi connectivity index (χ1n) is 7.06. The normalized spacial score (nSPS) is 19.4. The summed E-state index contributed by atoms with van der Waals surface area (Å²) in [6.45, 7) is 13.5. The number of benzene rings is 1. The van der Waals surface area contributed by atoms with E-state index in [0.717, 1.165) is 16.7 Å². The molecule has 1 heterocycles. The van der Waals surface area contributed by atoms with Gasteiger partial charge in [0.2, 0.25) is 5.91 Å². The summed E-state index contributed by atoms with van der Waals surface area (Å²) in [6, 6.07) is 5.69. The average molecular weight is 287 g/mol. The van der Waals surface area contributed by atoms with Crippen LogP contribution in [0, 0.1) is 6.92 Å². The zero-order valence-corrected chi connectivity index (χ0v) is 13.3.